The molecule has 2 aromatic carbocycles. The third-order valence-electron chi connectivity index (χ3n) is 5.06. The van der Waals surface area contributed by atoms with Crippen molar-refractivity contribution < 1.29 is 4.74 Å². The second-order valence-corrected chi connectivity index (χ2v) is 6.77. The molecule has 3 aromatic rings. The van der Waals surface area contributed by atoms with Crippen molar-refractivity contribution in [3.05, 3.63) is 75.6 Å². The van der Waals surface area contributed by atoms with Gasteiger partial charge in [-0.25, -0.2) is 0 Å². The highest BCUT2D eigenvalue weighted by Crippen LogP contribution is 2.35. The molecule has 1 N–H and O–H groups in total. The number of methoxy groups -OCH3 is 1. The molecule has 1 saturated heterocycles. The lowest BCUT2D eigenvalue weighted by Gasteiger charge is -2.41. The van der Waals surface area contributed by atoms with E-state index in [1.165, 1.54) is 11.1 Å². The minimum absolute atomic E-state index is 0.00708. The summed E-state index contributed by atoms with van der Waals surface area (Å²) in [5.74, 6) is 0.878. The maximum atomic E-state index is 12.4. The van der Waals surface area contributed by atoms with Crippen molar-refractivity contribution in [1.82, 2.24) is 9.88 Å². The number of aromatic amines is 1. The van der Waals surface area contributed by atoms with Gasteiger partial charge in [-0.15, -0.1) is 0 Å². The van der Waals surface area contributed by atoms with E-state index in [9.17, 15) is 4.79 Å². The lowest BCUT2D eigenvalue weighted by Crippen LogP contribution is -2.41. The molecular weight excluding hydrogens is 312 g/mol. The molecule has 1 atom stereocenters. The zero-order valence-corrected chi connectivity index (χ0v) is 14.6. The number of hydrogen-bond acceptors (Lipinski definition) is 3. The van der Waals surface area contributed by atoms with Gasteiger partial charge in [-0.05, 0) is 54.6 Å². The van der Waals surface area contributed by atoms with Crippen LogP contribution in [-0.2, 0) is 6.54 Å². The number of aryl methyl sites for hydroxylation is 1. The summed E-state index contributed by atoms with van der Waals surface area (Å²) in [6.45, 7) is 3.74. The quantitative estimate of drug-likeness (QED) is 0.789. The summed E-state index contributed by atoms with van der Waals surface area (Å²) in [6.07, 6.45) is 1.11. The lowest BCUT2D eigenvalue weighted by molar-refractivity contribution is 0.0813. The average Bonchev–Trinajstić information content (AvgIpc) is 2.59. The molecule has 4 rings (SSSR count). The molecule has 0 bridgehead atoms. The van der Waals surface area contributed by atoms with Crippen LogP contribution in [0.3, 0.4) is 0 Å². The Balaban J connectivity index is 1.60. The largest absolute Gasteiger partial charge is 0.497 e. The van der Waals surface area contributed by atoms with Crippen molar-refractivity contribution in [1.29, 1.82) is 0 Å². The summed E-state index contributed by atoms with van der Waals surface area (Å²) in [6, 6.07) is 16.7. The van der Waals surface area contributed by atoms with E-state index in [0.717, 1.165) is 35.2 Å². The van der Waals surface area contributed by atoms with Crippen LogP contribution in [0.25, 0.3) is 10.9 Å². The number of benzene rings is 2. The van der Waals surface area contributed by atoms with E-state index in [-0.39, 0.29) is 5.56 Å². The van der Waals surface area contributed by atoms with Crippen molar-refractivity contribution >= 4 is 10.9 Å². The third-order valence-corrected chi connectivity index (χ3v) is 5.06. The van der Waals surface area contributed by atoms with Crippen molar-refractivity contribution in [2.75, 3.05) is 13.7 Å². The fourth-order valence-electron chi connectivity index (χ4n) is 3.56. The highest BCUT2D eigenvalue weighted by atomic mass is 16.5. The first-order chi connectivity index (χ1) is 12.1. The van der Waals surface area contributed by atoms with E-state index in [1.807, 2.05) is 30.3 Å². The highest BCUT2D eigenvalue weighted by Gasteiger charge is 2.30. The summed E-state index contributed by atoms with van der Waals surface area (Å²) in [5.41, 5.74) is 4.17. The first kappa shape index (κ1) is 15.9. The molecule has 0 unspecified atom stereocenters. The van der Waals surface area contributed by atoms with Gasteiger partial charge >= 0.3 is 0 Å². The number of ether oxygens (including phenoxy) is 1. The van der Waals surface area contributed by atoms with Crippen molar-refractivity contribution in [2.24, 2.45) is 0 Å². The number of likely N-dealkylation sites (tertiary alicyclic amines) is 1. The molecule has 25 heavy (non-hydrogen) atoms. The van der Waals surface area contributed by atoms with Crippen LogP contribution in [0.15, 0.2) is 53.3 Å². The normalized spacial score (nSPS) is 17.4. The zero-order valence-electron chi connectivity index (χ0n) is 14.6. The molecule has 0 radical (unpaired) electrons. The van der Waals surface area contributed by atoms with Gasteiger partial charge in [0.1, 0.15) is 5.75 Å². The lowest BCUT2D eigenvalue weighted by atomic mass is 9.94. The summed E-state index contributed by atoms with van der Waals surface area (Å²) < 4.78 is 5.33. The fraction of sp³-hybridized carbons (Fsp3) is 0.286. The highest BCUT2D eigenvalue weighted by molar-refractivity contribution is 5.79. The first-order valence-corrected chi connectivity index (χ1v) is 8.64. The van der Waals surface area contributed by atoms with Gasteiger partial charge < -0.3 is 9.72 Å². The predicted octanol–water partition coefficient (Wildman–Crippen LogP) is 3.79. The Morgan fingerprint density at radius 1 is 1.20 bits per heavy atom. The third kappa shape index (κ3) is 3.05. The number of H-pyrrole nitrogens is 1. The van der Waals surface area contributed by atoms with E-state index < -0.39 is 0 Å². The zero-order chi connectivity index (χ0) is 17.4. The van der Waals surface area contributed by atoms with E-state index in [4.69, 9.17) is 4.74 Å². The van der Waals surface area contributed by atoms with E-state index in [0.29, 0.717) is 12.6 Å². The van der Waals surface area contributed by atoms with Gasteiger partial charge in [-0.2, -0.15) is 0 Å². The smallest absolute Gasteiger partial charge is 0.252 e. The second kappa shape index (κ2) is 6.37. The van der Waals surface area contributed by atoms with Crippen LogP contribution >= 0.6 is 0 Å². The summed E-state index contributed by atoms with van der Waals surface area (Å²) in [4.78, 5) is 17.8. The molecule has 1 fully saturated rings. The maximum absolute atomic E-state index is 12.4. The predicted molar refractivity (Wildman–Crippen MR) is 100 cm³/mol. The molecule has 0 saturated carbocycles. The average molecular weight is 334 g/mol. The van der Waals surface area contributed by atoms with Gasteiger partial charge in [0.15, 0.2) is 0 Å². The standard InChI is InChI=1S/C21H22N2O2/c1-14-6-7-19-16(10-14)11-17(21(24)22-19)13-23-9-8-20(23)15-4-3-5-18(12-15)25-2/h3-7,10-12,20H,8-9,13H2,1-2H3,(H,22,24)/t20-/m1/s1. The van der Waals surface area contributed by atoms with Crippen LogP contribution in [0, 0.1) is 6.92 Å². The molecule has 4 heteroatoms. The van der Waals surface area contributed by atoms with Crippen molar-refractivity contribution in [3.8, 4) is 5.75 Å². The first-order valence-electron chi connectivity index (χ1n) is 8.64. The Morgan fingerprint density at radius 3 is 2.84 bits per heavy atom. The number of fused-ring (bicyclic) bond motifs is 1. The van der Waals surface area contributed by atoms with Crippen LogP contribution in [0.5, 0.6) is 5.75 Å². The van der Waals surface area contributed by atoms with Gasteiger partial charge in [0.25, 0.3) is 5.56 Å². The van der Waals surface area contributed by atoms with Gasteiger partial charge in [0.05, 0.1) is 7.11 Å². The van der Waals surface area contributed by atoms with Gasteiger partial charge in [-0.1, -0.05) is 23.8 Å². The van der Waals surface area contributed by atoms with Crippen LogP contribution in [-0.4, -0.2) is 23.5 Å². The van der Waals surface area contributed by atoms with Gasteiger partial charge in [-0.3, -0.25) is 9.69 Å². The molecule has 2 heterocycles. The molecule has 128 valence electrons. The molecule has 1 aliphatic heterocycles. The van der Waals surface area contributed by atoms with Crippen LogP contribution in [0.4, 0.5) is 0 Å². The number of nitrogens with zero attached hydrogens (tertiary/aromatic N) is 1. The number of rotatable bonds is 4. The summed E-state index contributed by atoms with van der Waals surface area (Å²) in [7, 11) is 1.69. The van der Waals surface area contributed by atoms with Gasteiger partial charge in [0.2, 0.25) is 0 Å². The molecule has 0 amide bonds. The monoisotopic (exact) mass is 334 g/mol. The Hall–Kier alpha value is -2.59. The minimum atomic E-state index is 0.00708. The van der Waals surface area contributed by atoms with E-state index in [2.05, 4.69) is 35.0 Å². The Morgan fingerprint density at radius 2 is 2.08 bits per heavy atom. The molecule has 1 aliphatic rings. The van der Waals surface area contributed by atoms with Gasteiger partial charge in [0, 0.05) is 30.2 Å². The summed E-state index contributed by atoms with van der Waals surface area (Å²) in [5, 5.41) is 1.09. The molecule has 4 nitrogen and oxygen atoms in total. The topological polar surface area (TPSA) is 45.3 Å². The Labute approximate surface area is 147 Å². The molecule has 1 aromatic heterocycles. The fourth-order valence-corrected chi connectivity index (χ4v) is 3.56. The van der Waals surface area contributed by atoms with Crippen molar-refractivity contribution in [3.63, 3.8) is 0 Å². The van der Waals surface area contributed by atoms with E-state index in [1.54, 1.807) is 7.11 Å². The molecule has 0 aliphatic carbocycles. The Kier molecular flexibility index (Phi) is 4.06. The molecule has 0 spiro atoms. The maximum Gasteiger partial charge on any atom is 0.252 e. The number of pyridine rings is 1. The number of nitrogens with one attached hydrogen (secondary N) is 1. The number of aromatic nitrogens is 1. The van der Waals surface area contributed by atoms with Crippen LogP contribution in [0.1, 0.15) is 29.2 Å². The van der Waals surface area contributed by atoms with Crippen LogP contribution < -0.4 is 10.3 Å². The minimum Gasteiger partial charge on any atom is -0.497 e. The summed E-state index contributed by atoms with van der Waals surface area (Å²) >= 11 is 0. The Bertz CT molecular complexity index is 977. The van der Waals surface area contributed by atoms with Crippen molar-refractivity contribution in [2.45, 2.75) is 25.9 Å². The SMILES string of the molecule is COc1cccc([C@H]2CCN2Cc2cc3cc(C)ccc3[nH]c2=O)c1. The van der Waals surface area contributed by atoms with Crippen LogP contribution in [0.2, 0.25) is 0 Å². The second-order valence-electron chi connectivity index (χ2n) is 6.77. The number of hydrogen-bond donors (Lipinski definition) is 1. The molecular formula is C21H22N2O2. The van der Waals surface area contributed by atoms with E-state index >= 15 is 0 Å².